The van der Waals surface area contributed by atoms with Crippen LogP contribution < -0.4 is 5.73 Å². The average Bonchev–Trinajstić information content (AvgIpc) is 3.03. The van der Waals surface area contributed by atoms with Gasteiger partial charge in [0.2, 0.25) is 5.91 Å². The SMILES string of the molecule is CC1(C)C2OCCC2C1(N)C(=O)N1CCCC1CC(=O)O. The number of carboxylic acid groups (broad SMARTS) is 1. The zero-order chi connectivity index (χ0) is 15.4. The second-order valence-electron chi connectivity index (χ2n) is 7.17. The predicted octanol–water partition coefficient (Wildman–Crippen LogP) is 0.595. The summed E-state index contributed by atoms with van der Waals surface area (Å²) in [6.07, 6.45) is 2.47. The number of carboxylic acids is 1. The van der Waals surface area contributed by atoms with Gasteiger partial charge in [-0.05, 0) is 19.3 Å². The number of aliphatic carboxylic acids is 1. The van der Waals surface area contributed by atoms with Gasteiger partial charge < -0.3 is 20.5 Å². The Morgan fingerprint density at radius 2 is 2.10 bits per heavy atom. The van der Waals surface area contributed by atoms with E-state index in [4.69, 9.17) is 15.6 Å². The van der Waals surface area contributed by atoms with Gasteiger partial charge in [-0.2, -0.15) is 0 Å². The Kier molecular flexibility index (Phi) is 3.29. The van der Waals surface area contributed by atoms with Gasteiger partial charge in [0.05, 0.1) is 12.5 Å². The Labute approximate surface area is 124 Å². The van der Waals surface area contributed by atoms with E-state index < -0.39 is 16.9 Å². The molecule has 21 heavy (non-hydrogen) atoms. The molecular weight excluding hydrogens is 272 g/mol. The molecule has 0 aromatic carbocycles. The Morgan fingerprint density at radius 1 is 1.38 bits per heavy atom. The fourth-order valence-corrected chi connectivity index (χ4v) is 4.57. The van der Waals surface area contributed by atoms with Crippen molar-refractivity contribution in [3.63, 3.8) is 0 Å². The Balaban J connectivity index is 1.82. The molecule has 118 valence electrons. The maximum absolute atomic E-state index is 13.1. The average molecular weight is 296 g/mol. The first-order chi connectivity index (χ1) is 9.80. The van der Waals surface area contributed by atoms with Crippen molar-refractivity contribution in [1.82, 2.24) is 4.90 Å². The minimum atomic E-state index is -0.921. The summed E-state index contributed by atoms with van der Waals surface area (Å²) < 4.78 is 5.72. The molecule has 6 nitrogen and oxygen atoms in total. The van der Waals surface area contributed by atoms with Crippen LogP contribution in [0.15, 0.2) is 0 Å². The third-order valence-corrected chi connectivity index (χ3v) is 5.86. The highest BCUT2D eigenvalue weighted by Gasteiger charge is 2.72. The van der Waals surface area contributed by atoms with Crippen molar-refractivity contribution < 1.29 is 19.4 Å². The van der Waals surface area contributed by atoms with Crippen LogP contribution in [0.5, 0.6) is 0 Å². The molecule has 6 heteroatoms. The third-order valence-electron chi connectivity index (χ3n) is 5.86. The molecule has 1 aliphatic carbocycles. The molecule has 4 atom stereocenters. The van der Waals surface area contributed by atoms with Gasteiger partial charge in [0.15, 0.2) is 0 Å². The molecule has 2 saturated heterocycles. The highest BCUT2D eigenvalue weighted by Crippen LogP contribution is 2.59. The lowest BCUT2D eigenvalue weighted by atomic mass is 9.47. The Bertz CT molecular complexity index is 478. The lowest BCUT2D eigenvalue weighted by Gasteiger charge is -2.61. The van der Waals surface area contributed by atoms with Gasteiger partial charge in [-0.15, -0.1) is 0 Å². The van der Waals surface area contributed by atoms with Crippen LogP contribution in [0, 0.1) is 11.3 Å². The van der Waals surface area contributed by atoms with Crippen molar-refractivity contribution in [2.75, 3.05) is 13.2 Å². The first-order valence-corrected chi connectivity index (χ1v) is 7.73. The lowest BCUT2D eigenvalue weighted by molar-refractivity contribution is -0.185. The van der Waals surface area contributed by atoms with Gasteiger partial charge >= 0.3 is 5.97 Å². The van der Waals surface area contributed by atoms with Crippen molar-refractivity contribution in [3.8, 4) is 0 Å². The van der Waals surface area contributed by atoms with Crippen LogP contribution in [0.25, 0.3) is 0 Å². The van der Waals surface area contributed by atoms with Crippen LogP contribution in [0.4, 0.5) is 0 Å². The number of amides is 1. The van der Waals surface area contributed by atoms with E-state index in [1.165, 1.54) is 0 Å². The zero-order valence-corrected chi connectivity index (χ0v) is 12.7. The van der Waals surface area contributed by atoms with Crippen LogP contribution in [0.2, 0.25) is 0 Å². The number of hydrogen-bond acceptors (Lipinski definition) is 4. The van der Waals surface area contributed by atoms with E-state index in [1.54, 1.807) is 4.90 Å². The van der Waals surface area contributed by atoms with E-state index in [-0.39, 0.29) is 30.4 Å². The number of nitrogens with two attached hydrogens (primary N) is 1. The molecule has 0 radical (unpaired) electrons. The minimum Gasteiger partial charge on any atom is -0.481 e. The summed E-state index contributed by atoms with van der Waals surface area (Å²) in [5, 5.41) is 9.01. The van der Waals surface area contributed by atoms with Gasteiger partial charge in [-0.25, -0.2) is 0 Å². The smallest absolute Gasteiger partial charge is 0.305 e. The number of hydrogen-bond donors (Lipinski definition) is 2. The number of fused-ring (bicyclic) bond motifs is 1. The molecule has 1 amide bonds. The molecule has 0 aromatic heterocycles. The largest absolute Gasteiger partial charge is 0.481 e. The van der Waals surface area contributed by atoms with Crippen LogP contribution in [-0.4, -0.2) is 52.7 Å². The second-order valence-corrected chi connectivity index (χ2v) is 7.17. The molecular formula is C15H24N2O4. The molecule has 0 spiro atoms. The monoisotopic (exact) mass is 296 g/mol. The number of carbonyl (C=O) groups excluding carboxylic acids is 1. The molecule has 0 bridgehead atoms. The van der Waals surface area contributed by atoms with E-state index in [0.717, 1.165) is 19.3 Å². The number of ether oxygens (including phenoxy) is 1. The maximum Gasteiger partial charge on any atom is 0.305 e. The minimum absolute atomic E-state index is 0.00679. The Hall–Kier alpha value is -1.14. The van der Waals surface area contributed by atoms with Crippen molar-refractivity contribution in [1.29, 1.82) is 0 Å². The maximum atomic E-state index is 13.1. The molecule has 3 N–H and O–H groups in total. The van der Waals surface area contributed by atoms with Crippen molar-refractivity contribution in [2.24, 2.45) is 17.1 Å². The number of likely N-dealkylation sites (tertiary alicyclic amines) is 1. The van der Waals surface area contributed by atoms with E-state index >= 15 is 0 Å². The highest BCUT2D eigenvalue weighted by atomic mass is 16.5. The van der Waals surface area contributed by atoms with Gasteiger partial charge in [-0.3, -0.25) is 9.59 Å². The summed E-state index contributed by atoms with van der Waals surface area (Å²) in [6.45, 7) is 5.24. The quantitative estimate of drug-likeness (QED) is 0.795. The van der Waals surface area contributed by atoms with E-state index in [2.05, 4.69) is 0 Å². The van der Waals surface area contributed by atoms with Crippen LogP contribution >= 0.6 is 0 Å². The van der Waals surface area contributed by atoms with Gasteiger partial charge in [0.1, 0.15) is 5.54 Å². The summed E-state index contributed by atoms with van der Waals surface area (Å²) in [5.74, 6) is -0.880. The lowest BCUT2D eigenvalue weighted by Crippen LogP contribution is -2.80. The molecule has 1 saturated carbocycles. The summed E-state index contributed by atoms with van der Waals surface area (Å²) in [5.41, 5.74) is 5.24. The third kappa shape index (κ3) is 1.85. The summed E-state index contributed by atoms with van der Waals surface area (Å²) >= 11 is 0. The normalized spacial score (nSPS) is 40.7. The van der Waals surface area contributed by atoms with Crippen molar-refractivity contribution in [3.05, 3.63) is 0 Å². The second kappa shape index (κ2) is 4.68. The standard InChI is InChI=1S/C15H24N2O4/c1-14(2)12-10(5-7-21-12)15(14,16)13(20)17-6-3-4-9(17)8-11(18)19/h9-10,12H,3-8,16H2,1-2H3,(H,18,19). The van der Waals surface area contributed by atoms with Crippen molar-refractivity contribution >= 4 is 11.9 Å². The first-order valence-electron chi connectivity index (χ1n) is 7.73. The van der Waals surface area contributed by atoms with Gasteiger partial charge in [-0.1, -0.05) is 13.8 Å². The first kappa shape index (κ1) is 14.8. The number of nitrogens with zero attached hydrogens (tertiary/aromatic N) is 1. The molecule has 3 aliphatic rings. The van der Waals surface area contributed by atoms with Crippen LogP contribution in [0.3, 0.4) is 0 Å². The van der Waals surface area contributed by atoms with E-state index in [9.17, 15) is 9.59 Å². The number of carbonyl (C=O) groups is 2. The molecule has 2 aliphatic heterocycles. The van der Waals surface area contributed by atoms with Gasteiger partial charge in [0.25, 0.3) is 0 Å². The molecule has 3 rings (SSSR count). The van der Waals surface area contributed by atoms with Crippen molar-refractivity contribution in [2.45, 2.75) is 57.2 Å². The fourth-order valence-electron chi connectivity index (χ4n) is 4.57. The van der Waals surface area contributed by atoms with E-state index in [1.807, 2.05) is 13.8 Å². The number of rotatable bonds is 3. The molecule has 0 aromatic rings. The predicted molar refractivity (Wildman–Crippen MR) is 75.5 cm³/mol. The summed E-state index contributed by atoms with van der Waals surface area (Å²) in [4.78, 5) is 25.7. The van der Waals surface area contributed by atoms with Crippen LogP contribution in [-0.2, 0) is 14.3 Å². The topological polar surface area (TPSA) is 92.9 Å². The molecule has 2 heterocycles. The summed E-state index contributed by atoms with van der Waals surface area (Å²) in [6, 6.07) is -0.215. The fraction of sp³-hybridized carbons (Fsp3) is 0.867. The van der Waals surface area contributed by atoms with E-state index in [0.29, 0.717) is 13.2 Å². The molecule has 4 unspecified atom stereocenters. The van der Waals surface area contributed by atoms with Gasteiger partial charge in [0, 0.05) is 30.5 Å². The zero-order valence-electron chi connectivity index (χ0n) is 12.7. The summed E-state index contributed by atoms with van der Waals surface area (Å²) in [7, 11) is 0. The highest BCUT2D eigenvalue weighted by molar-refractivity contribution is 5.90. The van der Waals surface area contributed by atoms with Crippen LogP contribution in [0.1, 0.15) is 39.5 Å². The molecule has 3 fully saturated rings. The Morgan fingerprint density at radius 3 is 2.76 bits per heavy atom.